The second-order valence-electron chi connectivity index (χ2n) is 6.93. The molecule has 0 aliphatic rings. The number of hydrogen-bond acceptors (Lipinski definition) is 5. The standard InChI is InChI=1S/C22H26N4O3S/c1-4-23-22(24-13-17-10-11-20(16(2)12-17)30(3,27)28)25-14-19-15-29-21(26-19)18-8-6-5-7-9-18/h5-12,15H,4,13-14H2,1-3H3,(H2,23,24,25). The Labute approximate surface area is 177 Å². The molecule has 0 fully saturated rings. The minimum Gasteiger partial charge on any atom is -0.444 e. The molecule has 0 radical (unpaired) electrons. The van der Waals surface area contributed by atoms with Crippen molar-refractivity contribution in [3.63, 3.8) is 0 Å². The van der Waals surface area contributed by atoms with Gasteiger partial charge in [-0.1, -0.05) is 30.3 Å². The first-order valence-corrected chi connectivity index (χ1v) is 11.6. The van der Waals surface area contributed by atoms with Crippen LogP contribution >= 0.6 is 0 Å². The summed E-state index contributed by atoms with van der Waals surface area (Å²) in [7, 11) is -3.22. The Morgan fingerprint density at radius 2 is 1.90 bits per heavy atom. The molecule has 0 saturated carbocycles. The molecule has 1 heterocycles. The number of nitrogens with zero attached hydrogens (tertiary/aromatic N) is 2. The highest BCUT2D eigenvalue weighted by atomic mass is 32.2. The molecule has 0 aliphatic carbocycles. The Kier molecular flexibility index (Phi) is 6.89. The second-order valence-corrected chi connectivity index (χ2v) is 8.91. The molecule has 3 rings (SSSR count). The molecule has 0 amide bonds. The predicted octanol–water partition coefficient (Wildman–Crippen LogP) is 3.31. The highest BCUT2D eigenvalue weighted by Gasteiger charge is 2.11. The van der Waals surface area contributed by atoms with Crippen molar-refractivity contribution in [1.82, 2.24) is 15.6 Å². The quantitative estimate of drug-likeness (QED) is 0.444. The lowest BCUT2D eigenvalue weighted by atomic mass is 10.1. The van der Waals surface area contributed by atoms with Crippen LogP contribution in [0.1, 0.15) is 23.7 Å². The van der Waals surface area contributed by atoms with Crippen LogP contribution in [0, 0.1) is 6.92 Å². The number of nitrogens with one attached hydrogen (secondary N) is 2. The van der Waals surface area contributed by atoms with E-state index in [1.165, 1.54) is 6.26 Å². The minimum atomic E-state index is -3.22. The lowest BCUT2D eigenvalue weighted by molar-refractivity contribution is 0.572. The van der Waals surface area contributed by atoms with E-state index in [0.717, 1.165) is 22.4 Å². The van der Waals surface area contributed by atoms with Gasteiger partial charge in [0.05, 0.1) is 23.7 Å². The number of benzene rings is 2. The minimum absolute atomic E-state index is 0.348. The molecule has 0 bridgehead atoms. The van der Waals surface area contributed by atoms with Crippen LogP contribution in [0.2, 0.25) is 0 Å². The Bertz CT molecular complexity index is 1120. The zero-order valence-corrected chi connectivity index (χ0v) is 18.2. The number of sulfone groups is 1. The van der Waals surface area contributed by atoms with Gasteiger partial charge in [-0.3, -0.25) is 0 Å². The Balaban J connectivity index is 1.65. The third-order valence-corrected chi connectivity index (χ3v) is 5.67. The number of hydrogen-bond donors (Lipinski definition) is 2. The van der Waals surface area contributed by atoms with Gasteiger partial charge in [0, 0.05) is 18.4 Å². The number of aryl methyl sites for hydroxylation is 1. The summed E-state index contributed by atoms with van der Waals surface area (Å²) in [6.45, 7) is 5.39. The van der Waals surface area contributed by atoms with E-state index in [1.807, 2.05) is 43.3 Å². The molecule has 1 aromatic heterocycles. The fraction of sp³-hybridized carbons (Fsp3) is 0.273. The monoisotopic (exact) mass is 426 g/mol. The summed E-state index contributed by atoms with van der Waals surface area (Å²) < 4.78 is 29.1. The molecular weight excluding hydrogens is 400 g/mol. The van der Waals surface area contributed by atoms with E-state index in [1.54, 1.807) is 25.3 Å². The van der Waals surface area contributed by atoms with Crippen LogP contribution in [0.4, 0.5) is 0 Å². The smallest absolute Gasteiger partial charge is 0.226 e. The Morgan fingerprint density at radius 3 is 2.57 bits per heavy atom. The number of aliphatic imine (C=N–C) groups is 1. The van der Waals surface area contributed by atoms with Crippen LogP contribution in [0.3, 0.4) is 0 Å². The fourth-order valence-electron chi connectivity index (χ4n) is 3.01. The molecule has 0 unspecified atom stereocenters. The molecule has 0 aliphatic heterocycles. The van der Waals surface area contributed by atoms with E-state index in [-0.39, 0.29) is 0 Å². The van der Waals surface area contributed by atoms with Gasteiger partial charge in [-0.15, -0.1) is 0 Å². The number of aromatic nitrogens is 1. The zero-order chi connectivity index (χ0) is 21.6. The zero-order valence-electron chi connectivity index (χ0n) is 17.3. The third-order valence-electron chi connectivity index (χ3n) is 4.41. The van der Waals surface area contributed by atoms with Gasteiger partial charge in [0.25, 0.3) is 0 Å². The van der Waals surface area contributed by atoms with Gasteiger partial charge in [0.2, 0.25) is 5.89 Å². The Hall–Kier alpha value is -3.13. The average Bonchev–Trinajstić information content (AvgIpc) is 3.19. The van der Waals surface area contributed by atoms with Crippen molar-refractivity contribution in [3.8, 4) is 11.5 Å². The van der Waals surface area contributed by atoms with Crippen molar-refractivity contribution >= 4 is 15.8 Å². The molecular formula is C22H26N4O3S. The van der Waals surface area contributed by atoms with Crippen molar-refractivity contribution in [2.75, 3.05) is 12.8 Å². The lowest BCUT2D eigenvalue weighted by Gasteiger charge is -2.10. The molecule has 158 valence electrons. The molecule has 0 spiro atoms. The molecule has 2 N–H and O–H groups in total. The molecule has 7 nitrogen and oxygen atoms in total. The van der Waals surface area contributed by atoms with Gasteiger partial charge < -0.3 is 15.1 Å². The van der Waals surface area contributed by atoms with E-state index in [2.05, 4.69) is 20.6 Å². The number of guanidine groups is 1. The highest BCUT2D eigenvalue weighted by molar-refractivity contribution is 7.90. The molecule has 2 aromatic carbocycles. The topological polar surface area (TPSA) is 96.6 Å². The Morgan fingerprint density at radius 1 is 1.13 bits per heavy atom. The normalized spacial score (nSPS) is 12.0. The van der Waals surface area contributed by atoms with Crippen molar-refractivity contribution in [1.29, 1.82) is 0 Å². The van der Waals surface area contributed by atoms with Gasteiger partial charge in [0.15, 0.2) is 15.8 Å². The highest BCUT2D eigenvalue weighted by Crippen LogP contribution is 2.18. The van der Waals surface area contributed by atoms with Gasteiger partial charge in [-0.2, -0.15) is 0 Å². The second kappa shape index (κ2) is 9.58. The summed E-state index contributed by atoms with van der Waals surface area (Å²) in [6.07, 6.45) is 2.85. The molecule has 30 heavy (non-hydrogen) atoms. The molecule has 0 atom stereocenters. The van der Waals surface area contributed by atoms with E-state index < -0.39 is 9.84 Å². The number of oxazole rings is 1. The maximum absolute atomic E-state index is 11.8. The maximum Gasteiger partial charge on any atom is 0.226 e. The van der Waals surface area contributed by atoms with Crippen molar-refractivity contribution in [2.45, 2.75) is 31.8 Å². The van der Waals surface area contributed by atoms with Crippen LogP contribution in [-0.2, 0) is 22.9 Å². The SMILES string of the molecule is CCNC(=NCc1ccc(S(C)(=O)=O)c(C)c1)NCc1coc(-c2ccccc2)n1. The van der Waals surface area contributed by atoms with Crippen LogP contribution in [0.25, 0.3) is 11.5 Å². The molecule has 8 heteroatoms. The summed E-state index contributed by atoms with van der Waals surface area (Å²) in [5.41, 5.74) is 3.36. The first kappa shape index (κ1) is 21.6. The van der Waals surface area contributed by atoms with Crippen LogP contribution in [0.15, 0.2) is 69.1 Å². The van der Waals surface area contributed by atoms with E-state index in [0.29, 0.717) is 36.4 Å². The van der Waals surface area contributed by atoms with E-state index >= 15 is 0 Å². The van der Waals surface area contributed by atoms with Crippen molar-refractivity contribution < 1.29 is 12.8 Å². The maximum atomic E-state index is 11.8. The van der Waals surface area contributed by atoms with Gasteiger partial charge >= 0.3 is 0 Å². The molecule has 0 saturated heterocycles. The first-order valence-electron chi connectivity index (χ1n) is 9.68. The number of rotatable bonds is 7. The fourth-order valence-corrected chi connectivity index (χ4v) is 3.97. The van der Waals surface area contributed by atoms with Gasteiger partial charge in [0.1, 0.15) is 6.26 Å². The van der Waals surface area contributed by atoms with Crippen molar-refractivity contribution in [3.05, 3.63) is 71.6 Å². The first-order chi connectivity index (χ1) is 14.4. The summed E-state index contributed by atoms with van der Waals surface area (Å²) >= 11 is 0. The summed E-state index contributed by atoms with van der Waals surface area (Å²) in [5, 5.41) is 6.44. The lowest BCUT2D eigenvalue weighted by Crippen LogP contribution is -2.36. The van der Waals surface area contributed by atoms with Crippen LogP contribution in [-0.4, -0.2) is 32.2 Å². The summed E-state index contributed by atoms with van der Waals surface area (Å²) in [5.74, 6) is 1.22. The average molecular weight is 427 g/mol. The largest absolute Gasteiger partial charge is 0.444 e. The summed E-state index contributed by atoms with van der Waals surface area (Å²) in [6, 6.07) is 15.0. The van der Waals surface area contributed by atoms with E-state index in [9.17, 15) is 8.42 Å². The van der Waals surface area contributed by atoms with Crippen molar-refractivity contribution in [2.24, 2.45) is 4.99 Å². The molecule has 3 aromatic rings. The van der Waals surface area contributed by atoms with Crippen LogP contribution < -0.4 is 10.6 Å². The van der Waals surface area contributed by atoms with E-state index in [4.69, 9.17) is 4.42 Å². The van der Waals surface area contributed by atoms with Gasteiger partial charge in [-0.25, -0.2) is 18.4 Å². The third kappa shape index (κ3) is 5.70. The van der Waals surface area contributed by atoms with Gasteiger partial charge in [-0.05, 0) is 43.2 Å². The predicted molar refractivity (Wildman–Crippen MR) is 118 cm³/mol. The summed E-state index contributed by atoms with van der Waals surface area (Å²) in [4.78, 5) is 9.44. The van der Waals surface area contributed by atoms with Crippen LogP contribution in [0.5, 0.6) is 0 Å².